The van der Waals surface area contributed by atoms with Crippen LogP contribution in [0.2, 0.25) is 5.02 Å². The lowest BCUT2D eigenvalue weighted by Crippen LogP contribution is -2.48. The van der Waals surface area contributed by atoms with Crippen LogP contribution in [-0.2, 0) is 9.47 Å². The predicted molar refractivity (Wildman–Crippen MR) is 155 cm³/mol. The fraction of sp³-hybridized carbons (Fsp3) is 0.387. The third-order valence-electron chi connectivity index (χ3n) is 6.99. The molecule has 9 heteroatoms. The zero-order chi connectivity index (χ0) is 28.3. The van der Waals surface area contributed by atoms with Crippen LogP contribution in [-0.4, -0.2) is 89.6 Å². The van der Waals surface area contributed by atoms with Gasteiger partial charge >= 0.3 is 5.97 Å². The predicted octanol–water partition coefficient (Wildman–Crippen LogP) is 4.95. The van der Waals surface area contributed by atoms with E-state index in [0.29, 0.717) is 36.0 Å². The minimum atomic E-state index is -0.479. The molecule has 0 spiro atoms. The van der Waals surface area contributed by atoms with Crippen LogP contribution in [0.5, 0.6) is 17.2 Å². The maximum atomic E-state index is 12.5. The van der Waals surface area contributed by atoms with Crippen molar-refractivity contribution in [2.24, 2.45) is 0 Å². The minimum absolute atomic E-state index is 0.156. The molecule has 8 nitrogen and oxygen atoms in total. The summed E-state index contributed by atoms with van der Waals surface area (Å²) in [7, 11) is 4.52. The number of benzene rings is 3. The number of esters is 1. The molecule has 3 aromatic rings. The van der Waals surface area contributed by atoms with Gasteiger partial charge in [-0.15, -0.1) is 0 Å². The van der Waals surface area contributed by atoms with E-state index >= 15 is 0 Å². The topological polar surface area (TPSA) is 69.7 Å². The Labute approximate surface area is 241 Å². The Hall–Kier alpha value is -3.30. The number of methoxy groups -OCH3 is 3. The van der Waals surface area contributed by atoms with Crippen LogP contribution >= 0.6 is 11.6 Å². The highest BCUT2D eigenvalue weighted by atomic mass is 35.5. The Morgan fingerprint density at radius 1 is 0.800 bits per heavy atom. The van der Waals surface area contributed by atoms with Crippen molar-refractivity contribution in [1.82, 2.24) is 9.80 Å². The van der Waals surface area contributed by atoms with Crippen molar-refractivity contribution in [2.75, 3.05) is 73.9 Å². The van der Waals surface area contributed by atoms with Gasteiger partial charge in [0.25, 0.3) is 0 Å². The minimum Gasteiger partial charge on any atom is -0.493 e. The van der Waals surface area contributed by atoms with E-state index in [9.17, 15) is 4.79 Å². The number of halogens is 1. The molecule has 1 fully saturated rings. The van der Waals surface area contributed by atoms with Gasteiger partial charge in [-0.2, -0.15) is 0 Å². The quantitative estimate of drug-likeness (QED) is 0.212. The van der Waals surface area contributed by atoms with Gasteiger partial charge in [-0.25, -0.2) is 4.79 Å². The zero-order valence-electron chi connectivity index (χ0n) is 23.3. The van der Waals surface area contributed by atoms with Crippen LogP contribution in [0.3, 0.4) is 0 Å². The number of nitrogens with zero attached hydrogens (tertiary/aromatic N) is 2. The van der Waals surface area contributed by atoms with E-state index in [4.69, 9.17) is 35.3 Å². The van der Waals surface area contributed by atoms with Crippen LogP contribution in [0.4, 0.5) is 0 Å². The number of carbonyl (C=O) groups excluding carboxylic acids is 1. The molecule has 40 heavy (non-hydrogen) atoms. The van der Waals surface area contributed by atoms with Crippen LogP contribution in [0.1, 0.15) is 27.5 Å². The summed E-state index contributed by atoms with van der Waals surface area (Å²) in [6.07, 6.45) is 0. The van der Waals surface area contributed by atoms with Crippen molar-refractivity contribution in [3.05, 3.63) is 88.4 Å². The largest absolute Gasteiger partial charge is 0.493 e. The van der Waals surface area contributed by atoms with Gasteiger partial charge in [0.2, 0.25) is 5.75 Å². The van der Waals surface area contributed by atoms with Crippen LogP contribution < -0.4 is 14.2 Å². The summed E-state index contributed by atoms with van der Waals surface area (Å²) in [5.41, 5.74) is 2.84. The molecule has 0 aliphatic carbocycles. The van der Waals surface area contributed by atoms with Crippen molar-refractivity contribution < 1.29 is 28.5 Å². The van der Waals surface area contributed by atoms with E-state index in [1.807, 2.05) is 12.1 Å². The molecule has 1 heterocycles. The highest BCUT2D eigenvalue weighted by molar-refractivity contribution is 6.30. The number of carbonyl (C=O) groups is 1. The molecule has 214 valence electrons. The molecule has 1 saturated heterocycles. The van der Waals surface area contributed by atoms with E-state index in [0.717, 1.165) is 37.7 Å². The molecule has 1 aliphatic rings. The number of hydrogen-bond donors (Lipinski definition) is 0. The van der Waals surface area contributed by atoms with Crippen molar-refractivity contribution >= 4 is 17.6 Å². The zero-order valence-corrected chi connectivity index (χ0v) is 24.1. The average molecular weight is 569 g/mol. The normalized spacial score (nSPS) is 14.9. The molecule has 0 aromatic heterocycles. The number of piperazine rings is 1. The smallest absolute Gasteiger partial charge is 0.338 e. The SMILES string of the molecule is COc1cc(C(=O)OCCOCCN2CCN(C(c3ccccc3)c3ccc(Cl)cc3)CC2)cc(OC)c1OC. The van der Waals surface area contributed by atoms with Crippen molar-refractivity contribution in [2.45, 2.75) is 6.04 Å². The van der Waals surface area contributed by atoms with Crippen molar-refractivity contribution in [3.8, 4) is 17.2 Å². The van der Waals surface area contributed by atoms with Gasteiger partial charge in [-0.1, -0.05) is 54.1 Å². The molecular weight excluding hydrogens is 532 g/mol. The molecule has 0 saturated carbocycles. The first kappa shape index (κ1) is 29.7. The number of hydrogen-bond acceptors (Lipinski definition) is 8. The van der Waals surface area contributed by atoms with Crippen LogP contribution in [0, 0.1) is 0 Å². The maximum Gasteiger partial charge on any atom is 0.338 e. The summed E-state index contributed by atoms with van der Waals surface area (Å²) in [6.45, 7) is 5.69. The summed E-state index contributed by atoms with van der Waals surface area (Å²) in [4.78, 5) is 17.5. The van der Waals surface area contributed by atoms with E-state index in [2.05, 4.69) is 52.3 Å². The summed E-state index contributed by atoms with van der Waals surface area (Å²) in [6, 6.07) is 22.1. The summed E-state index contributed by atoms with van der Waals surface area (Å²) < 4.78 is 27.0. The van der Waals surface area contributed by atoms with Crippen LogP contribution in [0.25, 0.3) is 0 Å². The highest BCUT2D eigenvalue weighted by Crippen LogP contribution is 2.38. The summed E-state index contributed by atoms with van der Waals surface area (Å²) >= 11 is 6.15. The van der Waals surface area contributed by atoms with Gasteiger partial charge < -0.3 is 23.7 Å². The third-order valence-corrected chi connectivity index (χ3v) is 7.24. The second kappa shape index (κ2) is 14.9. The molecular formula is C31H37ClN2O6. The first-order valence-electron chi connectivity index (χ1n) is 13.4. The number of ether oxygens (including phenoxy) is 5. The Morgan fingerprint density at radius 3 is 2.02 bits per heavy atom. The van der Waals surface area contributed by atoms with Gasteiger partial charge in [0.05, 0.1) is 46.1 Å². The monoisotopic (exact) mass is 568 g/mol. The van der Waals surface area contributed by atoms with Crippen molar-refractivity contribution in [1.29, 1.82) is 0 Å². The van der Waals surface area contributed by atoms with E-state index in [-0.39, 0.29) is 12.6 Å². The molecule has 0 N–H and O–H groups in total. The summed E-state index contributed by atoms with van der Waals surface area (Å²) in [5.74, 6) is 0.737. The van der Waals surface area contributed by atoms with E-state index < -0.39 is 5.97 Å². The Balaban J connectivity index is 1.20. The highest BCUT2D eigenvalue weighted by Gasteiger charge is 2.26. The van der Waals surface area contributed by atoms with E-state index in [1.165, 1.54) is 32.5 Å². The molecule has 1 atom stereocenters. The van der Waals surface area contributed by atoms with Gasteiger partial charge in [-0.05, 0) is 35.4 Å². The lowest BCUT2D eigenvalue weighted by Gasteiger charge is -2.39. The Kier molecular flexibility index (Phi) is 11.1. The average Bonchev–Trinajstić information content (AvgIpc) is 3.00. The molecule has 1 unspecified atom stereocenters. The van der Waals surface area contributed by atoms with Gasteiger partial charge in [0.1, 0.15) is 6.61 Å². The first-order valence-corrected chi connectivity index (χ1v) is 13.7. The summed E-state index contributed by atoms with van der Waals surface area (Å²) in [5, 5.41) is 0.747. The van der Waals surface area contributed by atoms with Gasteiger partial charge in [0, 0.05) is 37.7 Å². The molecule has 4 rings (SSSR count). The molecule has 1 aliphatic heterocycles. The van der Waals surface area contributed by atoms with Gasteiger partial charge in [0.15, 0.2) is 11.5 Å². The maximum absolute atomic E-state index is 12.5. The van der Waals surface area contributed by atoms with Crippen molar-refractivity contribution in [3.63, 3.8) is 0 Å². The lowest BCUT2D eigenvalue weighted by molar-refractivity contribution is 0.0241. The first-order chi connectivity index (χ1) is 19.5. The second-order valence-corrected chi connectivity index (χ2v) is 9.84. The standard InChI is InChI=1S/C31H37ClN2O6/c1-36-27-21-25(22-28(37-2)30(27)38-3)31(35)40-20-19-39-18-17-33-13-15-34(16-14-33)29(23-7-5-4-6-8-23)24-9-11-26(32)12-10-24/h4-12,21-22,29H,13-20H2,1-3H3. The third kappa shape index (κ3) is 7.67. The molecule has 0 radical (unpaired) electrons. The fourth-order valence-electron chi connectivity index (χ4n) is 4.91. The fourth-order valence-corrected chi connectivity index (χ4v) is 5.04. The van der Waals surface area contributed by atoms with E-state index in [1.54, 1.807) is 12.1 Å². The van der Waals surface area contributed by atoms with Gasteiger partial charge in [-0.3, -0.25) is 9.80 Å². The molecule has 0 amide bonds. The second-order valence-electron chi connectivity index (χ2n) is 9.40. The Bertz CT molecular complexity index is 1190. The number of rotatable bonds is 13. The Morgan fingerprint density at radius 2 is 1.43 bits per heavy atom. The lowest BCUT2D eigenvalue weighted by atomic mass is 9.96. The molecule has 0 bridgehead atoms. The van der Waals surface area contributed by atoms with Crippen LogP contribution in [0.15, 0.2) is 66.7 Å². The molecule has 3 aromatic carbocycles.